The number of alkyl carbamates (subject to hydrolysis) is 1. The lowest BCUT2D eigenvalue weighted by Gasteiger charge is -2.50. The van der Waals surface area contributed by atoms with E-state index in [1.807, 2.05) is 4.90 Å². The van der Waals surface area contributed by atoms with Crippen molar-refractivity contribution in [2.24, 2.45) is 11.8 Å². The fourth-order valence-electron chi connectivity index (χ4n) is 8.40. The number of carbonyl (C=O) groups is 2. The molecule has 13 heteroatoms. The number of ether oxygens (including phenoxy) is 1. The molecule has 6 rings (SSSR count). The minimum Gasteiger partial charge on any atom is -0.453 e. The zero-order chi connectivity index (χ0) is 37.1. The van der Waals surface area contributed by atoms with Crippen LogP contribution in [0.15, 0.2) is 95.2 Å². The first-order valence-electron chi connectivity index (χ1n) is 17.5. The summed E-state index contributed by atoms with van der Waals surface area (Å²) in [4.78, 5) is 27.9. The standard InChI is InChI=1S/C39H43F2N5O5S/c1-3-36(47)43-30-9-5-10-33(22-30)52(49,50)32-15-13-31(14-16-32)46-25-38(41,26-46)24-45-19-17-27(18-20-45)39(23-42,28-7-4-8-29(40)21-28)34-11-6-12-35(34)44-37(48)51-2/h3-5,7-10,13-16,21-22,27,34-35H,1,6,11-12,17-20,24-26H2,2H3,(H,43,47)(H,44,48)/t34-,35-,39-/m0/s1. The van der Waals surface area contributed by atoms with Crippen LogP contribution in [0.5, 0.6) is 0 Å². The van der Waals surface area contributed by atoms with Crippen molar-refractivity contribution in [2.75, 3.05) is 50.1 Å². The number of carbonyl (C=O) groups excluding carboxylic acids is 2. The molecule has 3 atom stereocenters. The van der Waals surface area contributed by atoms with E-state index >= 15 is 4.39 Å². The summed E-state index contributed by atoms with van der Waals surface area (Å²) in [5.41, 5.74) is -0.862. The van der Waals surface area contributed by atoms with Crippen molar-refractivity contribution >= 4 is 33.2 Å². The van der Waals surface area contributed by atoms with Crippen LogP contribution in [-0.2, 0) is 24.8 Å². The number of halogens is 2. The van der Waals surface area contributed by atoms with Gasteiger partial charge in [-0.25, -0.2) is 22.0 Å². The van der Waals surface area contributed by atoms with Gasteiger partial charge in [-0.3, -0.25) is 9.69 Å². The Kier molecular flexibility index (Phi) is 10.7. The predicted molar refractivity (Wildman–Crippen MR) is 193 cm³/mol. The van der Waals surface area contributed by atoms with Gasteiger partial charge < -0.3 is 20.3 Å². The van der Waals surface area contributed by atoms with Crippen LogP contribution in [0.1, 0.15) is 37.7 Å². The third-order valence-corrected chi connectivity index (χ3v) is 12.6. The fraction of sp³-hybridized carbons (Fsp3) is 0.410. The van der Waals surface area contributed by atoms with Crippen LogP contribution in [-0.4, -0.2) is 76.9 Å². The summed E-state index contributed by atoms with van der Waals surface area (Å²) >= 11 is 0. The van der Waals surface area contributed by atoms with Crippen LogP contribution in [0, 0.1) is 29.0 Å². The van der Waals surface area contributed by atoms with E-state index in [0.717, 1.165) is 12.5 Å². The molecule has 274 valence electrons. The van der Waals surface area contributed by atoms with Crippen molar-refractivity contribution in [2.45, 2.75) is 59.0 Å². The number of piperidine rings is 1. The summed E-state index contributed by atoms with van der Waals surface area (Å²) in [6, 6.07) is 20.9. The van der Waals surface area contributed by atoms with E-state index < -0.39 is 38.7 Å². The molecular formula is C39H43F2N5O5S. The number of hydrogen-bond acceptors (Lipinski definition) is 8. The number of rotatable bonds is 11. The molecule has 0 radical (unpaired) electrons. The van der Waals surface area contributed by atoms with Gasteiger partial charge in [0.2, 0.25) is 15.7 Å². The van der Waals surface area contributed by atoms with Crippen LogP contribution < -0.4 is 15.5 Å². The number of likely N-dealkylation sites (tertiary alicyclic amines) is 1. The first-order valence-corrected chi connectivity index (χ1v) is 19.0. The molecular weight excluding hydrogens is 689 g/mol. The molecule has 1 saturated carbocycles. The Labute approximate surface area is 303 Å². The van der Waals surface area contributed by atoms with E-state index in [-0.39, 0.29) is 47.3 Å². The molecule has 3 aromatic carbocycles. The molecule has 0 aromatic heterocycles. The highest BCUT2D eigenvalue weighted by atomic mass is 32.2. The number of anilines is 2. The lowest BCUT2D eigenvalue weighted by molar-refractivity contribution is -0.111. The number of methoxy groups -OCH3 is 1. The number of sulfone groups is 1. The molecule has 52 heavy (non-hydrogen) atoms. The zero-order valence-electron chi connectivity index (χ0n) is 29.1. The highest BCUT2D eigenvalue weighted by Crippen LogP contribution is 2.50. The molecule has 2 aliphatic heterocycles. The zero-order valence-corrected chi connectivity index (χ0v) is 29.9. The molecule has 3 aliphatic rings. The first kappa shape index (κ1) is 37.0. The van der Waals surface area contributed by atoms with Crippen molar-refractivity contribution in [3.8, 4) is 6.07 Å². The van der Waals surface area contributed by atoms with E-state index in [2.05, 4.69) is 28.2 Å². The largest absolute Gasteiger partial charge is 0.453 e. The van der Waals surface area contributed by atoms with Crippen molar-refractivity contribution in [1.29, 1.82) is 5.26 Å². The number of benzene rings is 3. The van der Waals surface area contributed by atoms with Gasteiger partial charge in [0.05, 0.1) is 41.5 Å². The van der Waals surface area contributed by atoms with Gasteiger partial charge >= 0.3 is 6.09 Å². The Morgan fingerprint density at radius 1 is 1.04 bits per heavy atom. The summed E-state index contributed by atoms with van der Waals surface area (Å²) in [5, 5.41) is 16.4. The van der Waals surface area contributed by atoms with Gasteiger partial charge in [0.1, 0.15) is 5.82 Å². The number of nitrogens with one attached hydrogen (secondary N) is 2. The van der Waals surface area contributed by atoms with Gasteiger partial charge in [0, 0.05) is 29.9 Å². The van der Waals surface area contributed by atoms with E-state index in [1.54, 1.807) is 36.4 Å². The van der Waals surface area contributed by atoms with Crippen LogP contribution >= 0.6 is 0 Å². The van der Waals surface area contributed by atoms with Crippen molar-refractivity contribution in [1.82, 2.24) is 10.2 Å². The highest BCUT2D eigenvalue weighted by molar-refractivity contribution is 7.91. The number of amides is 2. The highest BCUT2D eigenvalue weighted by Gasteiger charge is 2.53. The van der Waals surface area contributed by atoms with Gasteiger partial charge in [-0.1, -0.05) is 31.2 Å². The van der Waals surface area contributed by atoms with Gasteiger partial charge in [0.15, 0.2) is 5.67 Å². The maximum atomic E-state index is 16.1. The van der Waals surface area contributed by atoms with Crippen LogP contribution in [0.25, 0.3) is 0 Å². The quantitative estimate of drug-likeness (QED) is 0.230. The van der Waals surface area contributed by atoms with Gasteiger partial charge in [-0.05, 0) is 111 Å². The van der Waals surface area contributed by atoms with Crippen LogP contribution in [0.4, 0.5) is 25.0 Å². The monoisotopic (exact) mass is 731 g/mol. The Morgan fingerprint density at radius 3 is 2.40 bits per heavy atom. The molecule has 2 N–H and O–H groups in total. The molecule has 1 aliphatic carbocycles. The summed E-state index contributed by atoms with van der Waals surface area (Å²) in [6.45, 7) is 5.07. The average Bonchev–Trinajstić information content (AvgIpc) is 3.60. The predicted octanol–water partition coefficient (Wildman–Crippen LogP) is 6.01. The molecule has 3 aromatic rings. The Morgan fingerprint density at radius 2 is 1.75 bits per heavy atom. The van der Waals surface area contributed by atoms with Gasteiger partial charge in [-0.2, -0.15) is 5.26 Å². The lowest BCUT2D eigenvalue weighted by atomic mass is 9.59. The first-order chi connectivity index (χ1) is 24.9. The maximum absolute atomic E-state index is 16.1. The van der Waals surface area contributed by atoms with Crippen molar-refractivity contribution in [3.63, 3.8) is 0 Å². The van der Waals surface area contributed by atoms with E-state index in [4.69, 9.17) is 4.74 Å². The van der Waals surface area contributed by atoms with Crippen molar-refractivity contribution in [3.05, 3.63) is 96.8 Å². The minimum absolute atomic E-state index is 0.0291. The van der Waals surface area contributed by atoms with Gasteiger partial charge in [0.25, 0.3) is 0 Å². The smallest absolute Gasteiger partial charge is 0.407 e. The van der Waals surface area contributed by atoms with E-state index in [0.29, 0.717) is 55.7 Å². The second-order valence-electron chi connectivity index (χ2n) is 14.0. The summed E-state index contributed by atoms with van der Waals surface area (Å²) in [5.74, 6) is -1.24. The second kappa shape index (κ2) is 15.0. The molecule has 2 heterocycles. The Hall–Kier alpha value is -4.80. The Balaban J connectivity index is 1.09. The van der Waals surface area contributed by atoms with Crippen LogP contribution in [0.3, 0.4) is 0 Å². The molecule has 2 amide bonds. The fourth-order valence-corrected chi connectivity index (χ4v) is 9.71. The number of alkyl halides is 1. The maximum Gasteiger partial charge on any atom is 0.407 e. The number of nitriles is 1. The number of hydrogen-bond donors (Lipinski definition) is 2. The third kappa shape index (κ3) is 7.41. The molecule has 0 unspecified atom stereocenters. The second-order valence-corrected chi connectivity index (χ2v) is 16.0. The molecule has 0 bridgehead atoms. The lowest BCUT2D eigenvalue weighted by Crippen LogP contribution is -2.64. The molecule has 3 fully saturated rings. The summed E-state index contributed by atoms with van der Waals surface area (Å²) in [6.07, 6.45) is 4.00. The molecule has 10 nitrogen and oxygen atoms in total. The van der Waals surface area contributed by atoms with E-state index in [1.165, 1.54) is 43.5 Å². The number of nitrogens with zero attached hydrogens (tertiary/aromatic N) is 3. The molecule has 0 spiro atoms. The minimum atomic E-state index is -3.87. The van der Waals surface area contributed by atoms with Crippen LogP contribution in [0.2, 0.25) is 0 Å². The van der Waals surface area contributed by atoms with E-state index in [9.17, 15) is 27.7 Å². The summed E-state index contributed by atoms with van der Waals surface area (Å²) in [7, 11) is -2.56. The summed E-state index contributed by atoms with van der Waals surface area (Å²) < 4.78 is 62.2. The third-order valence-electron chi connectivity index (χ3n) is 10.9. The Bertz CT molecular complexity index is 1960. The topological polar surface area (TPSA) is 132 Å². The molecule has 2 saturated heterocycles. The van der Waals surface area contributed by atoms with Crippen molar-refractivity contribution < 1.29 is 31.5 Å². The SMILES string of the molecule is C=CC(=O)Nc1cccc(S(=O)(=O)c2ccc(N3CC(F)(CN4CCC([C@@](C#N)(c5cccc(F)c5)[C@H]5CCC[C@@H]5NC(=O)OC)CC4)C3)cc2)c1. The van der Waals surface area contributed by atoms with Gasteiger partial charge in [-0.15, -0.1) is 0 Å². The average molecular weight is 732 g/mol. The normalized spacial score (nSPS) is 21.6.